The number of ether oxygens (including phenoxy) is 2. The van der Waals surface area contributed by atoms with Gasteiger partial charge in [0.2, 0.25) is 0 Å². The van der Waals surface area contributed by atoms with Gasteiger partial charge in [0.15, 0.2) is 0 Å². The van der Waals surface area contributed by atoms with E-state index in [4.69, 9.17) is 0 Å². The Balaban J connectivity index is 2.23. The van der Waals surface area contributed by atoms with Gasteiger partial charge in [-0.1, -0.05) is 38.1 Å². The molecule has 0 heterocycles. The lowest BCUT2D eigenvalue weighted by molar-refractivity contribution is -0.346. The molecule has 2 aromatic rings. The van der Waals surface area contributed by atoms with Gasteiger partial charge in [0, 0.05) is 0 Å². The van der Waals surface area contributed by atoms with Crippen LogP contribution in [0.5, 0.6) is 11.5 Å². The van der Waals surface area contributed by atoms with Crippen LogP contribution in [0.1, 0.15) is 49.7 Å². The molecule has 2 rings (SSSR count). The summed E-state index contributed by atoms with van der Waals surface area (Å²) >= 11 is 0. The van der Waals surface area contributed by atoms with Crippen molar-refractivity contribution in [3.8, 4) is 11.5 Å². The van der Waals surface area contributed by atoms with Crippen LogP contribution in [0.15, 0.2) is 48.5 Å². The standard InChI is InChI=1S/C26H20F14O4/c1-3-17(13-5-9-15(10-6-13)43-19(41)21(27,28)23(31,32)25(35,36)37)18(4-2)14-7-11-16(12-8-14)44-20(42)22(29,30)24(33,34)26(38,39)40/h5-12,17-18H,3-4H2,1-2H3. The fraction of sp³-hybridized carbons (Fsp3) is 0.462. The molecule has 18 heteroatoms. The highest BCUT2D eigenvalue weighted by Crippen LogP contribution is 2.48. The minimum atomic E-state index is -6.75. The monoisotopic (exact) mass is 662 g/mol. The van der Waals surface area contributed by atoms with Gasteiger partial charge >= 0.3 is 48.0 Å². The lowest BCUT2D eigenvalue weighted by Gasteiger charge is -2.27. The third kappa shape index (κ3) is 6.87. The second-order valence-electron chi connectivity index (χ2n) is 9.24. The van der Waals surface area contributed by atoms with E-state index >= 15 is 0 Å². The van der Waals surface area contributed by atoms with E-state index in [1.165, 1.54) is 24.3 Å². The van der Waals surface area contributed by atoms with E-state index in [1.54, 1.807) is 13.8 Å². The van der Waals surface area contributed by atoms with Crippen molar-refractivity contribution in [2.45, 2.75) is 74.6 Å². The summed E-state index contributed by atoms with van der Waals surface area (Å²) in [4.78, 5) is 22.9. The van der Waals surface area contributed by atoms with Gasteiger partial charge in [-0.05, 0) is 60.1 Å². The lowest BCUT2D eigenvalue weighted by Crippen LogP contribution is -2.57. The minimum Gasteiger partial charge on any atom is -0.422 e. The summed E-state index contributed by atoms with van der Waals surface area (Å²) in [7, 11) is 0. The average molecular weight is 662 g/mol. The van der Waals surface area contributed by atoms with Crippen LogP contribution in [0.4, 0.5) is 61.5 Å². The molecule has 0 bridgehead atoms. The molecule has 4 nitrogen and oxygen atoms in total. The first kappa shape index (κ1) is 36.6. The molecule has 0 aromatic heterocycles. The van der Waals surface area contributed by atoms with E-state index in [0.717, 1.165) is 24.3 Å². The first-order valence-corrected chi connectivity index (χ1v) is 12.2. The predicted octanol–water partition coefficient (Wildman–Crippen LogP) is 8.85. The van der Waals surface area contributed by atoms with Crippen LogP contribution in [-0.4, -0.2) is 48.0 Å². The zero-order valence-electron chi connectivity index (χ0n) is 22.1. The molecular formula is C26H20F14O4. The summed E-state index contributed by atoms with van der Waals surface area (Å²) in [6.07, 6.45) is -12.8. The third-order valence-corrected chi connectivity index (χ3v) is 6.42. The van der Waals surface area contributed by atoms with Crippen molar-refractivity contribution in [1.29, 1.82) is 0 Å². The summed E-state index contributed by atoms with van der Waals surface area (Å²) in [6, 6.07) is 8.18. The van der Waals surface area contributed by atoms with Crippen molar-refractivity contribution in [3.05, 3.63) is 59.7 Å². The second kappa shape index (κ2) is 12.4. The number of benzene rings is 2. The molecule has 2 atom stereocenters. The van der Waals surface area contributed by atoms with Gasteiger partial charge in [0.05, 0.1) is 0 Å². The number of hydrogen-bond donors (Lipinski definition) is 0. The summed E-state index contributed by atoms with van der Waals surface area (Å²) in [5.74, 6) is -34.8. The molecule has 2 unspecified atom stereocenters. The Hall–Kier alpha value is -3.60. The van der Waals surface area contributed by atoms with E-state index in [0.29, 0.717) is 24.0 Å². The minimum absolute atomic E-state index is 0.336. The summed E-state index contributed by atoms with van der Waals surface area (Å²) in [5.41, 5.74) is 0.826. The molecule has 0 N–H and O–H groups in total. The Morgan fingerprint density at radius 2 is 0.773 bits per heavy atom. The summed E-state index contributed by atoms with van der Waals surface area (Å²) < 4.78 is 188. The van der Waals surface area contributed by atoms with Crippen molar-refractivity contribution < 1.29 is 80.5 Å². The molecule has 0 fully saturated rings. The lowest BCUT2D eigenvalue weighted by atomic mass is 9.78. The fourth-order valence-corrected chi connectivity index (χ4v) is 4.03. The van der Waals surface area contributed by atoms with E-state index in [9.17, 15) is 71.1 Å². The van der Waals surface area contributed by atoms with Crippen molar-refractivity contribution >= 4 is 11.9 Å². The largest absolute Gasteiger partial charge is 0.460 e. The molecule has 0 saturated heterocycles. The topological polar surface area (TPSA) is 52.6 Å². The number of hydrogen-bond acceptors (Lipinski definition) is 4. The molecule has 0 aliphatic heterocycles. The molecule has 2 aromatic carbocycles. The van der Waals surface area contributed by atoms with Crippen LogP contribution in [-0.2, 0) is 9.59 Å². The SMILES string of the molecule is CCC(c1ccc(OC(=O)C(F)(F)C(F)(F)C(F)(F)F)cc1)C(CC)c1ccc(OC(=O)C(F)(F)C(F)(F)C(F)(F)F)cc1. The number of esters is 2. The van der Waals surface area contributed by atoms with Gasteiger partial charge in [-0.25, -0.2) is 9.59 Å². The zero-order chi connectivity index (χ0) is 34.1. The molecule has 0 spiro atoms. The highest BCUT2D eigenvalue weighted by Gasteiger charge is 2.78. The first-order valence-electron chi connectivity index (χ1n) is 12.2. The van der Waals surface area contributed by atoms with Gasteiger partial charge in [0.1, 0.15) is 11.5 Å². The van der Waals surface area contributed by atoms with Crippen LogP contribution in [0.25, 0.3) is 0 Å². The Kier molecular flexibility index (Phi) is 10.3. The number of rotatable bonds is 11. The molecular weight excluding hydrogens is 642 g/mol. The highest BCUT2D eigenvalue weighted by molar-refractivity contribution is 5.82. The zero-order valence-corrected chi connectivity index (χ0v) is 22.1. The Morgan fingerprint density at radius 3 is 0.977 bits per heavy atom. The van der Waals surface area contributed by atoms with Gasteiger partial charge < -0.3 is 9.47 Å². The van der Waals surface area contributed by atoms with E-state index in [2.05, 4.69) is 9.47 Å². The molecule has 0 aliphatic rings. The molecule has 0 amide bonds. The highest BCUT2D eigenvalue weighted by atomic mass is 19.4. The quantitative estimate of drug-likeness (QED) is 0.137. The second-order valence-corrected chi connectivity index (χ2v) is 9.24. The van der Waals surface area contributed by atoms with Gasteiger partial charge in [-0.15, -0.1) is 0 Å². The molecule has 0 saturated carbocycles. The maximum Gasteiger partial charge on any atom is 0.460 e. The molecule has 44 heavy (non-hydrogen) atoms. The van der Waals surface area contributed by atoms with Crippen molar-refractivity contribution in [3.63, 3.8) is 0 Å². The predicted molar refractivity (Wildman–Crippen MR) is 122 cm³/mol. The summed E-state index contributed by atoms with van der Waals surface area (Å²) in [6.45, 7) is 3.36. The van der Waals surface area contributed by atoms with Gasteiger partial charge in [0.25, 0.3) is 0 Å². The third-order valence-electron chi connectivity index (χ3n) is 6.42. The maximum absolute atomic E-state index is 13.5. The normalized spacial score (nSPS) is 15.0. The van der Waals surface area contributed by atoms with Crippen molar-refractivity contribution in [2.24, 2.45) is 0 Å². The number of carbonyl (C=O) groups excluding carboxylic acids is 2. The maximum atomic E-state index is 13.5. The Bertz CT molecular complexity index is 1200. The van der Waals surface area contributed by atoms with Crippen molar-refractivity contribution in [2.75, 3.05) is 0 Å². The van der Waals surface area contributed by atoms with Gasteiger partial charge in [-0.2, -0.15) is 61.5 Å². The average Bonchev–Trinajstić information content (AvgIpc) is 2.91. The van der Waals surface area contributed by atoms with Crippen LogP contribution >= 0.6 is 0 Å². The first-order chi connectivity index (χ1) is 19.9. The Labute approximate surface area is 238 Å². The van der Waals surface area contributed by atoms with Crippen molar-refractivity contribution in [1.82, 2.24) is 0 Å². The number of carbonyl (C=O) groups is 2. The molecule has 0 aliphatic carbocycles. The van der Waals surface area contributed by atoms with E-state index in [-0.39, 0.29) is 0 Å². The molecule has 0 radical (unpaired) electrons. The summed E-state index contributed by atoms with van der Waals surface area (Å²) in [5, 5.41) is 0. The number of halogens is 14. The smallest absolute Gasteiger partial charge is 0.422 e. The van der Waals surface area contributed by atoms with E-state index in [1.807, 2.05) is 0 Å². The van der Waals surface area contributed by atoms with Crippen LogP contribution < -0.4 is 9.47 Å². The van der Waals surface area contributed by atoms with Gasteiger partial charge in [-0.3, -0.25) is 0 Å². The molecule has 246 valence electrons. The van der Waals surface area contributed by atoms with Crippen LogP contribution in [0.2, 0.25) is 0 Å². The Morgan fingerprint density at radius 1 is 0.523 bits per heavy atom. The van der Waals surface area contributed by atoms with Crippen LogP contribution in [0, 0.1) is 0 Å². The van der Waals surface area contributed by atoms with Crippen LogP contribution in [0.3, 0.4) is 0 Å². The fourth-order valence-electron chi connectivity index (χ4n) is 4.03. The number of alkyl halides is 14. The van der Waals surface area contributed by atoms with E-state index < -0.39 is 71.3 Å².